The summed E-state index contributed by atoms with van der Waals surface area (Å²) in [5.74, 6) is -0.280. The van der Waals surface area contributed by atoms with Gasteiger partial charge in [-0.3, -0.25) is 9.59 Å². The van der Waals surface area contributed by atoms with E-state index in [9.17, 15) is 9.59 Å². The van der Waals surface area contributed by atoms with Crippen molar-refractivity contribution >= 4 is 24.4 Å². The Morgan fingerprint density at radius 3 is 2.52 bits per heavy atom. The first-order chi connectivity index (χ1) is 10.2. The summed E-state index contributed by atoms with van der Waals surface area (Å²) in [6.07, 6.45) is 1.46. The molecule has 2 rings (SSSR count). The fraction of sp³-hybridized carbons (Fsp3) is 0.200. The summed E-state index contributed by atoms with van der Waals surface area (Å²) in [6, 6.07) is 12.0. The minimum atomic E-state index is -0.858. The van der Waals surface area contributed by atoms with Crippen LogP contribution in [0, 0.1) is 0 Å². The second-order valence-corrected chi connectivity index (χ2v) is 4.69. The molecule has 0 spiro atoms. The summed E-state index contributed by atoms with van der Waals surface area (Å²) in [5.41, 5.74) is 0.976. The second-order valence-electron chi connectivity index (χ2n) is 4.38. The number of hydrogen-bond donors (Lipinski definition) is 3. The van der Waals surface area contributed by atoms with E-state index in [1.54, 1.807) is 12.1 Å². The highest BCUT2D eigenvalue weighted by molar-refractivity contribution is 7.81. The van der Waals surface area contributed by atoms with Crippen LogP contribution in [0.15, 0.2) is 53.1 Å². The van der Waals surface area contributed by atoms with E-state index >= 15 is 0 Å². The van der Waals surface area contributed by atoms with E-state index in [2.05, 4.69) is 23.3 Å². The maximum atomic E-state index is 12.3. The summed E-state index contributed by atoms with van der Waals surface area (Å²) in [6.45, 7) is 0.383. The molecule has 1 unspecified atom stereocenters. The van der Waals surface area contributed by atoms with Gasteiger partial charge in [-0.2, -0.15) is 12.6 Å². The maximum absolute atomic E-state index is 12.3. The molecule has 1 aromatic heterocycles. The van der Waals surface area contributed by atoms with Crippen molar-refractivity contribution in [2.45, 2.75) is 12.6 Å². The van der Waals surface area contributed by atoms with E-state index in [1.165, 1.54) is 6.26 Å². The summed E-state index contributed by atoms with van der Waals surface area (Å²) >= 11 is 3.89. The molecule has 0 bridgehead atoms. The van der Waals surface area contributed by atoms with Crippen molar-refractivity contribution in [3.05, 3.63) is 60.1 Å². The zero-order valence-electron chi connectivity index (χ0n) is 11.3. The van der Waals surface area contributed by atoms with E-state index in [0.717, 1.165) is 5.56 Å². The Labute approximate surface area is 128 Å². The van der Waals surface area contributed by atoms with Gasteiger partial charge >= 0.3 is 0 Å². The fourth-order valence-electron chi connectivity index (χ4n) is 1.82. The van der Waals surface area contributed by atoms with Gasteiger partial charge in [-0.15, -0.1) is 0 Å². The van der Waals surface area contributed by atoms with Gasteiger partial charge in [-0.1, -0.05) is 30.3 Å². The lowest BCUT2D eigenvalue weighted by molar-refractivity contribution is -0.128. The average molecular weight is 304 g/mol. The lowest BCUT2D eigenvalue weighted by Crippen LogP contribution is -2.40. The molecule has 0 saturated carbocycles. The second kappa shape index (κ2) is 7.54. The molecule has 110 valence electrons. The van der Waals surface area contributed by atoms with Crippen molar-refractivity contribution in [2.24, 2.45) is 0 Å². The van der Waals surface area contributed by atoms with Crippen LogP contribution in [0.4, 0.5) is 0 Å². The van der Waals surface area contributed by atoms with Crippen LogP contribution >= 0.6 is 12.6 Å². The average Bonchev–Trinajstić information content (AvgIpc) is 3.05. The number of benzene rings is 1. The third-order valence-electron chi connectivity index (χ3n) is 2.85. The highest BCUT2D eigenvalue weighted by Crippen LogP contribution is 2.14. The van der Waals surface area contributed by atoms with Gasteiger partial charge in [0.05, 0.1) is 12.0 Å². The predicted octanol–water partition coefficient (Wildman–Crippen LogP) is 1.68. The summed E-state index contributed by atoms with van der Waals surface area (Å²) < 4.78 is 5.21. The number of nitrogens with one attached hydrogen (secondary N) is 2. The molecule has 2 N–H and O–H groups in total. The fourth-order valence-corrected chi connectivity index (χ4v) is 1.91. The highest BCUT2D eigenvalue weighted by Gasteiger charge is 2.24. The molecule has 0 fully saturated rings. The molecule has 2 aromatic rings. The predicted molar refractivity (Wildman–Crippen MR) is 81.7 cm³/mol. The zero-order chi connectivity index (χ0) is 15.1. The number of carbonyl (C=O) groups is 2. The standard InChI is InChI=1S/C15H16N2O3S/c18-13(10-21)17-14(12-7-4-8-20-12)15(19)16-9-11-5-2-1-3-6-11/h1-8,14,21H,9-10H2,(H,16,19)(H,17,18). The topological polar surface area (TPSA) is 71.3 Å². The van der Waals surface area contributed by atoms with Crippen LogP contribution in [-0.2, 0) is 16.1 Å². The van der Waals surface area contributed by atoms with Gasteiger partial charge in [0.1, 0.15) is 5.76 Å². The van der Waals surface area contributed by atoms with Gasteiger partial charge in [0.2, 0.25) is 5.91 Å². The van der Waals surface area contributed by atoms with E-state index < -0.39 is 6.04 Å². The normalized spacial score (nSPS) is 11.7. The Kier molecular flexibility index (Phi) is 5.45. The van der Waals surface area contributed by atoms with Gasteiger partial charge in [-0.25, -0.2) is 0 Å². The molecule has 1 heterocycles. The molecule has 1 atom stereocenters. The van der Waals surface area contributed by atoms with Crippen molar-refractivity contribution < 1.29 is 14.0 Å². The molecule has 5 nitrogen and oxygen atoms in total. The number of thiol groups is 1. The van der Waals surface area contributed by atoms with Gasteiger partial charge in [0.25, 0.3) is 5.91 Å². The van der Waals surface area contributed by atoms with Crippen LogP contribution in [0.5, 0.6) is 0 Å². The van der Waals surface area contributed by atoms with Crippen LogP contribution < -0.4 is 10.6 Å². The van der Waals surface area contributed by atoms with Gasteiger partial charge in [0.15, 0.2) is 6.04 Å². The van der Waals surface area contributed by atoms with Crippen LogP contribution in [0.3, 0.4) is 0 Å². The Morgan fingerprint density at radius 1 is 1.14 bits per heavy atom. The molecule has 21 heavy (non-hydrogen) atoms. The SMILES string of the molecule is O=C(CS)NC(C(=O)NCc1ccccc1)c1ccco1. The molecular weight excluding hydrogens is 288 g/mol. The molecule has 0 saturated heterocycles. The summed E-state index contributed by atoms with van der Waals surface area (Å²) in [7, 11) is 0. The van der Waals surface area contributed by atoms with Crippen molar-refractivity contribution in [1.82, 2.24) is 10.6 Å². The van der Waals surface area contributed by atoms with Crippen molar-refractivity contribution in [3.8, 4) is 0 Å². The highest BCUT2D eigenvalue weighted by atomic mass is 32.1. The molecule has 0 aliphatic carbocycles. The smallest absolute Gasteiger partial charge is 0.250 e. The van der Waals surface area contributed by atoms with Gasteiger partial charge in [-0.05, 0) is 17.7 Å². The molecule has 0 aliphatic heterocycles. The van der Waals surface area contributed by atoms with Gasteiger partial charge in [0, 0.05) is 6.54 Å². The molecule has 1 aromatic carbocycles. The number of carbonyl (C=O) groups excluding carboxylic acids is 2. The van der Waals surface area contributed by atoms with Gasteiger partial charge < -0.3 is 15.1 Å². The Morgan fingerprint density at radius 2 is 1.90 bits per heavy atom. The zero-order valence-corrected chi connectivity index (χ0v) is 12.2. The third kappa shape index (κ3) is 4.39. The number of hydrogen-bond acceptors (Lipinski definition) is 4. The first kappa shape index (κ1) is 15.2. The minimum absolute atomic E-state index is 0.00315. The summed E-state index contributed by atoms with van der Waals surface area (Å²) in [5, 5.41) is 5.36. The number of rotatable bonds is 6. The quantitative estimate of drug-likeness (QED) is 0.711. The summed E-state index contributed by atoms with van der Waals surface area (Å²) in [4.78, 5) is 23.7. The van der Waals surface area contributed by atoms with Crippen molar-refractivity contribution in [2.75, 3.05) is 5.75 Å². The third-order valence-corrected chi connectivity index (χ3v) is 3.14. The maximum Gasteiger partial charge on any atom is 0.250 e. The monoisotopic (exact) mass is 304 g/mol. The van der Waals surface area contributed by atoms with E-state index in [4.69, 9.17) is 4.42 Å². The molecule has 6 heteroatoms. The number of furan rings is 1. The van der Waals surface area contributed by atoms with Crippen LogP contribution in [0.1, 0.15) is 17.4 Å². The van der Waals surface area contributed by atoms with E-state index in [-0.39, 0.29) is 17.6 Å². The molecule has 0 radical (unpaired) electrons. The van der Waals surface area contributed by atoms with Crippen molar-refractivity contribution in [3.63, 3.8) is 0 Å². The van der Waals surface area contributed by atoms with E-state index in [0.29, 0.717) is 12.3 Å². The Bertz CT molecular complexity index is 584. The first-order valence-corrected chi connectivity index (χ1v) is 7.09. The van der Waals surface area contributed by atoms with Crippen LogP contribution in [0.2, 0.25) is 0 Å². The molecular formula is C15H16N2O3S. The molecule has 2 amide bonds. The largest absolute Gasteiger partial charge is 0.467 e. The number of amides is 2. The lowest BCUT2D eigenvalue weighted by Gasteiger charge is -2.16. The van der Waals surface area contributed by atoms with Crippen LogP contribution in [0.25, 0.3) is 0 Å². The van der Waals surface area contributed by atoms with Crippen LogP contribution in [-0.4, -0.2) is 17.6 Å². The van der Waals surface area contributed by atoms with E-state index in [1.807, 2.05) is 30.3 Å². The molecule has 0 aliphatic rings. The van der Waals surface area contributed by atoms with Crippen molar-refractivity contribution in [1.29, 1.82) is 0 Å². The lowest BCUT2D eigenvalue weighted by atomic mass is 10.2. The minimum Gasteiger partial charge on any atom is -0.467 e. The Balaban J connectivity index is 2.02. The Hall–Kier alpha value is -2.21. The first-order valence-electron chi connectivity index (χ1n) is 6.46.